The van der Waals surface area contributed by atoms with Crippen LogP contribution in [0.5, 0.6) is 5.75 Å². The van der Waals surface area contributed by atoms with E-state index in [4.69, 9.17) is 5.26 Å². The molecule has 0 aliphatic heterocycles. The predicted molar refractivity (Wildman–Crippen MR) is 57.0 cm³/mol. The van der Waals surface area contributed by atoms with Gasteiger partial charge in [0.2, 0.25) is 0 Å². The van der Waals surface area contributed by atoms with Crippen LogP contribution in [-0.2, 0) is 6.42 Å². The zero-order chi connectivity index (χ0) is 12.8. The molecule has 1 aromatic rings. The number of ketones is 1. The fourth-order valence-corrected chi connectivity index (χ4v) is 1.49. The minimum Gasteiger partial charge on any atom is -0.434 e. The molecule has 0 aromatic heterocycles. The van der Waals surface area contributed by atoms with Crippen molar-refractivity contribution < 1.29 is 18.3 Å². The van der Waals surface area contributed by atoms with Gasteiger partial charge in [0.25, 0.3) is 0 Å². The van der Waals surface area contributed by atoms with Crippen LogP contribution in [0.2, 0.25) is 0 Å². The Balaban J connectivity index is 3.22. The molecule has 17 heavy (non-hydrogen) atoms. The SMILES string of the molecule is CCC(=O)c1cccc(OC(F)F)c1CC#N. The van der Waals surface area contributed by atoms with Crippen molar-refractivity contribution >= 4 is 5.78 Å². The maximum absolute atomic E-state index is 12.2. The van der Waals surface area contributed by atoms with E-state index >= 15 is 0 Å². The Morgan fingerprint density at radius 2 is 2.24 bits per heavy atom. The minimum atomic E-state index is -2.97. The summed E-state index contributed by atoms with van der Waals surface area (Å²) < 4.78 is 28.6. The lowest BCUT2D eigenvalue weighted by atomic mass is 9.99. The van der Waals surface area contributed by atoms with Crippen molar-refractivity contribution in [2.45, 2.75) is 26.4 Å². The van der Waals surface area contributed by atoms with Gasteiger partial charge in [0.1, 0.15) is 5.75 Å². The van der Waals surface area contributed by atoms with Crippen LogP contribution in [-0.4, -0.2) is 12.4 Å². The van der Waals surface area contributed by atoms with Crippen LogP contribution in [0.15, 0.2) is 18.2 Å². The fourth-order valence-electron chi connectivity index (χ4n) is 1.49. The molecule has 0 saturated carbocycles. The number of hydrogen-bond donors (Lipinski definition) is 0. The number of nitriles is 1. The van der Waals surface area contributed by atoms with E-state index in [2.05, 4.69) is 4.74 Å². The molecule has 0 aliphatic carbocycles. The largest absolute Gasteiger partial charge is 0.434 e. The molecule has 0 unspecified atom stereocenters. The van der Waals surface area contributed by atoms with Gasteiger partial charge >= 0.3 is 6.61 Å². The topological polar surface area (TPSA) is 50.1 Å². The van der Waals surface area contributed by atoms with Gasteiger partial charge in [0.05, 0.1) is 12.5 Å². The molecule has 0 aliphatic rings. The number of nitrogens with zero attached hydrogens (tertiary/aromatic N) is 1. The average molecular weight is 239 g/mol. The quantitative estimate of drug-likeness (QED) is 0.742. The Morgan fingerprint density at radius 1 is 1.53 bits per heavy atom. The third-order valence-electron chi connectivity index (χ3n) is 2.23. The van der Waals surface area contributed by atoms with E-state index in [1.165, 1.54) is 18.2 Å². The number of rotatable bonds is 5. The van der Waals surface area contributed by atoms with E-state index in [9.17, 15) is 13.6 Å². The Labute approximate surface area is 97.6 Å². The first-order valence-electron chi connectivity index (χ1n) is 5.07. The standard InChI is InChI=1S/C12H11F2NO2/c1-2-10(16)8-4-3-5-11(17-12(13)14)9(8)6-7-15/h3-5,12H,2,6H2,1H3. The molecule has 90 valence electrons. The van der Waals surface area contributed by atoms with Crippen molar-refractivity contribution in [3.63, 3.8) is 0 Å². The molecule has 0 bridgehead atoms. The zero-order valence-corrected chi connectivity index (χ0v) is 9.24. The van der Waals surface area contributed by atoms with Crippen LogP contribution in [0.3, 0.4) is 0 Å². The average Bonchev–Trinajstić information content (AvgIpc) is 2.30. The molecular formula is C12H11F2NO2. The number of alkyl halides is 2. The monoisotopic (exact) mass is 239 g/mol. The highest BCUT2D eigenvalue weighted by atomic mass is 19.3. The van der Waals surface area contributed by atoms with Gasteiger partial charge in [-0.25, -0.2) is 0 Å². The predicted octanol–water partition coefficient (Wildman–Crippen LogP) is 2.95. The van der Waals surface area contributed by atoms with Gasteiger partial charge in [-0.15, -0.1) is 0 Å². The second kappa shape index (κ2) is 5.94. The Kier molecular flexibility index (Phi) is 4.58. The van der Waals surface area contributed by atoms with Gasteiger partial charge in [-0.1, -0.05) is 19.1 Å². The number of ether oxygens (including phenoxy) is 1. The Hall–Kier alpha value is -1.96. The summed E-state index contributed by atoms with van der Waals surface area (Å²) in [7, 11) is 0. The van der Waals surface area contributed by atoms with E-state index in [0.29, 0.717) is 0 Å². The van der Waals surface area contributed by atoms with Gasteiger partial charge in [0.15, 0.2) is 5.78 Å². The van der Waals surface area contributed by atoms with E-state index < -0.39 is 6.61 Å². The van der Waals surface area contributed by atoms with Crippen LogP contribution >= 0.6 is 0 Å². The van der Waals surface area contributed by atoms with Crippen molar-refractivity contribution in [2.75, 3.05) is 0 Å². The molecule has 0 spiro atoms. The minimum absolute atomic E-state index is 0.110. The van der Waals surface area contributed by atoms with Crippen LogP contribution in [0, 0.1) is 11.3 Å². The summed E-state index contributed by atoms with van der Waals surface area (Å²) in [6.45, 7) is -1.31. The second-order valence-electron chi connectivity index (χ2n) is 3.27. The van der Waals surface area contributed by atoms with Gasteiger partial charge in [-0.05, 0) is 6.07 Å². The Bertz CT molecular complexity index is 452. The molecule has 0 amide bonds. The molecule has 0 saturated heterocycles. The molecule has 0 N–H and O–H groups in total. The summed E-state index contributed by atoms with van der Waals surface area (Å²) in [5.74, 6) is -0.309. The summed E-state index contributed by atoms with van der Waals surface area (Å²) in [6.07, 6.45) is 0.112. The van der Waals surface area contributed by atoms with E-state index in [-0.39, 0.29) is 35.5 Å². The number of halogens is 2. The molecule has 3 nitrogen and oxygen atoms in total. The molecular weight excluding hydrogens is 228 g/mol. The Morgan fingerprint density at radius 3 is 2.76 bits per heavy atom. The van der Waals surface area contributed by atoms with Gasteiger partial charge in [0, 0.05) is 17.5 Å². The first-order chi connectivity index (χ1) is 8.10. The maximum Gasteiger partial charge on any atom is 0.387 e. The number of carbonyl (C=O) groups excluding carboxylic acids is 1. The van der Waals surface area contributed by atoms with Gasteiger partial charge in [-0.3, -0.25) is 4.79 Å². The zero-order valence-electron chi connectivity index (χ0n) is 9.24. The second-order valence-corrected chi connectivity index (χ2v) is 3.27. The third-order valence-corrected chi connectivity index (χ3v) is 2.23. The lowest BCUT2D eigenvalue weighted by Gasteiger charge is -2.11. The number of carbonyl (C=O) groups is 1. The lowest BCUT2D eigenvalue weighted by Crippen LogP contribution is -2.08. The van der Waals surface area contributed by atoms with Crippen LogP contribution in [0.1, 0.15) is 29.3 Å². The van der Waals surface area contributed by atoms with Crippen molar-refractivity contribution in [1.82, 2.24) is 0 Å². The van der Waals surface area contributed by atoms with Crippen LogP contribution in [0.25, 0.3) is 0 Å². The first-order valence-corrected chi connectivity index (χ1v) is 5.07. The highest BCUT2D eigenvalue weighted by Crippen LogP contribution is 2.25. The molecule has 0 heterocycles. The fraction of sp³-hybridized carbons (Fsp3) is 0.333. The normalized spacial score (nSPS) is 10.1. The summed E-state index contributed by atoms with van der Waals surface area (Å²) in [5, 5.41) is 8.65. The lowest BCUT2D eigenvalue weighted by molar-refractivity contribution is -0.0504. The molecule has 0 fully saturated rings. The van der Waals surface area contributed by atoms with Gasteiger partial charge < -0.3 is 4.74 Å². The molecule has 1 aromatic carbocycles. The van der Waals surface area contributed by atoms with Crippen molar-refractivity contribution in [1.29, 1.82) is 5.26 Å². The highest BCUT2D eigenvalue weighted by molar-refractivity contribution is 5.98. The number of benzene rings is 1. The van der Waals surface area contributed by atoms with E-state index in [1.807, 2.05) is 6.07 Å². The number of hydrogen-bond acceptors (Lipinski definition) is 3. The van der Waals surface area contributed by atoms with E-state index in [0.717, 1.165) is 0 Å². The summed E-state index contributed by atoms with van der Waals surface area (Å²) >= 11 is 0. The maximum atomic E-state index is 12.2. The summed E-state index contributed by atoms with van der Waals surface area (Å²) in [6, 6.07) is 6.14. The van der Waals surface area contributed by atoms with Crippen LogP contribution < -0.4 is 4.74 Å². The van der Waals surface area contributed by atoms with Crippen LogP contribution in [0.4, 0.5) is 8.78 Å². The molecule has 1 rings (SSSR count). The van der Waals surface area contributed by atoms with E-state index in [1.54, 1.807) is 6.92 Å². The molecule has 5 heteroatoms. The first kappa shape index (κ1) is 13.1. The van der Waals surface area contributed by atoms with Crippen molar-refractivity contribution in [3.05, 3.63) is 29.3 Å². The van der Waals surface area contributed by atoms with Crippen molar-refractivity contribution in [2.24, 2.45) is 0 Å². The number of Topliss-reactive ketones (excluding diaryl/α,β-unsaturated/α-hetero) is 1. The molecule has 0 atom stereocenters. The molecule has 0 radical (unpaired) electrons. The van der Waals surface area contributed by atoms with Crippen molar-refractivity contribution in [3.8, 4) is 11.8 Å². The summed E-state index contributed by atoms with van der Waals surface area (Å²) in [4.78, 5) is 11.6. The smallest absolute Gasteiger partial charge is 0.387 e. The van der Waals surface area contributed by atoms with Gasteiger partial charge in [-0.2, -0.15) is 14.0 Å². The third kappa shape index (κ3) is 3.25. The summed E-state index contributed by atoms with van der Waals surface area (Å²) in [5.41, 5.74) is 0.495. The highest BCUT2D eigenvalue weighted by Gasteiger charge is 2.16.